The van der Waals surface area contributed by atoms with Gasteiger partial charge in [0.1, 0.15) is 0 Å². The van der Waals surface area contributed by atoms with E-state index in [-0.39, 0.29) is 45.3 Å². The van der Waals surface area contributed by atoms with Crippen molar-refractivity contribution in [2.75, 3.05) is 56.8 Å². The van der Waals surface area contributed by atoms with Gasteiger partial charge in [-0.25, -0.2) is 0 Å². The molecule has 3 aromatic carbocycles. The molecule has 238 valence electrons. The number of carbonyl (C=O) groups excluding carboxylic acids is 3. The molecule has 0 aliphatic carbocycles. The van der Waals surface area contributed by atoms with Crippen molar-refractivity contribution in [3.05, 3.63) is 88.4 Å². The number of hydrogen-bond acceptors (Lipinski definition) is 7. The van der Waals surface area contributed by atoms with Crippen LogP contribution in [0.2, 0.25) is 10.0 Å². The zero-order valence-corrected chi connectivity index (χ0v) is 26.7. The lowest BCUT2D eigenvalue weighted by atomic mass is 10.2. The van der Waals surface area contributed by atoms with Crippen molar-refractivity contribution in [3.8, 4) is 5.75 Å². The van der Waals surface area contributed by atoms with Crippen molar-refractivity contribution in [1.82, 2.24) is 20.0 Å². The van der Waals surface area contributed by atoms with Gasteiger partial charge in [-0.1, -0.05) is 45.9 Å². The monoisotopic (exact) mass is 673 g/mol. The van der Waals surface area contributed by atoms with E-state index in [4.69, 9.17) is 28.0 Å². The average molecular weight is 675 g/mol. The second-order valence-corrected chi connectivity index (χ2v) is 13.3. The zero-order valence-electron chi connectivity index (χ0n) is 24.4. The summed E-state index contributed by atoms with van der Waals surface area (Å²) < 4.78 is 28.1. The Morgan fingerprint density at radius 1 is 0.800 bits per heavy atom. The molecule has 2 saturated heterocycles. The summed E-state index contributed by atoms with van der Waals surface area (Å²) in [5, 5.41) is 3.09. The summed E-state index contributed by atoms with van der Waals surface area (Å²) in [6.45, 7) is 3.89. The van der Waals surface area contributed by atoms with E-state index in [2.05, 4.69) is 5.32 Å². The normalized spacial score (nSPS) is 15.5. The number of piperazine rings is 1. The number of halogens is 2. The number of para-hydroxylation sites is 1. The lowest BCUT2D eigenvalue weighted by Crippen LogP contribution is -2.53. The molecule has 0 aromatic heterocycles. The van der Waals surface area contributed by atoms with Crippen LogP contribution >= 0.6 is 23.2 Å². The number of amides is 3. The average Bonchev–Trinajstić information content (AvgIpc) is 3.59. The highest BCUT2D eigenvalue weighted by Gasteiger charge is 2.29. The highest BCUT2D eigenvalue weighted by molar-refractivity contribution is 7.92. The minimum atomic E-state index is -4.28. The highest BCUT2D eigenvalue weighted by Crippen LogP contribution is 2.32. The Morgan fingerprint density at radius 2 is 1.44 bits per heavy atom. The Bertz CT molecular complexity index is 1630. The van der Waals surface area contributed by atoms with Crippen LogP contribution in [0.3, 0.4) is 0 Å². The van der Waals surface area contributed by atoms with Crippen LogP contribution in [-0.2, 0) is 19.6 Å². The molecule has 14 heteroatoms. The molecule has 0 unspecified atom stereocenters. The molecule has 0 atom stereocenters. The Labute approximate surface area is 272 Å². The van der Waals surface area contributed by atoms with Crippen molar-refractivity contribution in [1.29, 1.82) is 0 Å². The molecule has 3 aromatic rings. The van der Waals surface area contributed by atoms with Crippen molar-refractivity contribution in [2.45, 2.75) is 17.7 Å². The predicted molar refractivity (Wildman–Crippen MR) is 171 cm³/mol. The third-order valence-corrected chi connectivity index (χ3v) is 9.74. The van der Waals surface area contributed by atoms with Gasteiger partial charge in [0.2, 0.25) is 11.8 Å². The summed E-state index contributed by atoms with van der Waals surface area (Å²) in [6, 6.07) is 17.9. The Hall–Kier alpha value is -3.84. The Morgan fingerprint density at radius 3 is 2.09 bits per heavy atom. The van der Waals surface area contributed by atoms with Gasteiger partial charge in [-0.2, -0.15) is 8.42 Å². The van der Waals surface area contributed by atoms with Crippen LogP contribution in [0.5, 0.6) is 5.75 Å². The molecule has 0 saturated carbocycles. The van der Waals surface area contributed by atoms with Crippen LogP contribution in [0.4, 0.5) is 5.69 Å². The maximum Gasteiger partial charge on any atom is 0.295 e. The molecule has 5 rings (SSSR count). The summed E-state index contributed by atoms with van der Waals surface area (Å²) in [6.07, 6.45) is 2.09. The summed E-state index contributed by atoms with van der Waals surface area (Å²) in [4.78, 5) is 49.2. The van der Waals surface area contributed by atoms with Crippen LogP contribution in [-0.4, -0.2) is 93.2 Å². The maximum atomic E-state index is 13.7. The van der Waals surface area contributed by atoms with E-state index in [1.807, 2.05) is 9.80 Å². The summed E-state index contributed by atoms with van der Waals surface area (Å²) in [5.74, 6) is -0.549. The fourth-order valence-corrected chi connectivity index (χ4v) is 6.78. The van der Waals surface area contributed by atoms with E-state index in [1.165, 1.54) is 42.5 Å². The molecule has 2 aliphatic rings. The van der Waals surface area contributed by atoms with E-state index in [1.54, 1.807) is 35.2 Å². The van der Waals surface area contributed by atoms with Gasteiger partial charge in [-0.3, -0.25) is 19.3 Å². The van der Waals surface area contributed by atoms with Gasteiger partial charge in [0.05, 0.1) is 28.7 Å². The molecule has 2 heterocycles. The molecule has 45 heavy (non-hydrogen) atoms. The molecule has 3 amide bonds. The topological polar surface area (TPSA) is 120 Å². The van der Waals surface area contributed by atoms with Crippen molar-refractivity contribution in [2.24, 2.45) is 0 Å². The second kappa shape index (κ2) is 14.5. The number of nitrogens with zero attached hydrogens (tertiary/aromatic N) is 4. The first-order valence-electron chi connectivity index (χ1n) is 14.5. The molecular weight excluding hydrogens is 641 g/mol. The van der Waals surface area contributed by atoms with Gasteiger partial charge in [0.25, 0.3) is 15.9 Å². The van der Waals surface area contributed by atoms with Gasteiger partial charge in [-0.05, 0) is 67.4 Å². The highest BCUT2D eigenvalue weighted by atomic mass is 35.5. The minimum absolute atomic E-state index is 0.0751. The third-order valence-electron chi connectivity index (χ3n) is 7.62. The number of rotatable bonds is 10. The van der Waals surface area contributed by atoms with Crippen LogP contribution in [0.15, 0.2) is 77.7 Å². The van der Waals surface area contributed by atoms with E-state index < -0.39 is 15.9 Å². The first-order valence-corrected chi connectivity index (χ1v) is 16.7. The van der Waals surface area contributed by atoms with Crippen LogP contribution in [0.1, 0.15) is 23.2 Å². The van der Waals surface area contributed by atoms with Crippen LogP contribution in [0.25, 0.3) is 0 Å². The van der Waals surface area contributed by atoms with Crippen molar-refractivity contribution in [3.63, 3.8) is 0 Å². The van der Waals surface area contributed by atoms with Gasteiger partial charge in [-0.15, -0.1) is 0 Å². The second-order valence-electron chi connectivity index (χ2n) is 10.7. The number of likely N-dealkylation sites (tertiary alicyclic amines) is 1. The molecule has 11 nitrogen and oxygen atoms in total. The molecule has 0 bridgehead atoms. The first-order chi connectivity index (χ1) is 21.6. The van der Waals surface area contributed by atoms with Crippen molar-refractivity contribution < 1.29 is 27.6 Å². The first kappa shape index (κ1) is 32.6. The largest absolute Gasteiger partial charge is 0.363 e. The molecular formula is C31H33Cl2N5O6S. The summed E-state index contributed by atoms with van der Waals surface area (Å²) in [5.41, 5.74) is 0.405. The third kappa shape index (κ3) is 8.06. The number of carbonyl (C=O) groups is 3. The molecule has 2 aliphatic heterocycles. The van der Waals surface area contributed by atoms with Gasteiger partial charge >= 0.3 is 0 Å². The number of nitrogens with one attached hydrogen (secondary N) is 1. The van der Waals surface area contributed by atoms with Crippen LogP contribution in [0, 0.1) is 0 Å². The summed E-state index contributed by atoms with van der Waals surface area (Å²) in [7, 11) is -4.28. The number of sulfonamides is 1. The Kier molecular flexibility index (Phi) is 10.5. The standard InChI is InChI=1S/C31H33Cl2N5O6S/c32-24-10-13-28(27(33)20-24)44-38(25-6-2-1-3-7-25)45(42,43)26-11-8-23(9-12-26)31(41)34-21-29(39)37-18-16-35(17-19-37)22-30(40)36-14-4-5-15-36/h1-3,6-13,20H,4-5,14-19,21-22H2,(H,34,41). The molecule has 0 spiro atoms. The van der Waals surface area contributed by atoms with Crippen LogP contribution < -0.4 is 14.6 Å². The number of anilines is 1. The minimum Gasteiger partial charge on any atom is -0.363 e. The van der Waals surface area contributed by atoms with E-state index >= 15 is 0 Å². The summed E-state index contributed by atoms with van der Waals surface area (Å²) >= 11 is 12.2. The number of benzene rings is 3. The van der Waals surface area contributed by atoms with Gasteiger partial charge in [0.15, 0.2) is 5.75 Å². The van der Waals surface area contributed by atoms with Gasteiger partial charge < -0.3 is 20.0 Å². The maximum absolute atomic E-state index is 13.7. The fourth-order valence-electron chi connectivity index (χ4n) is 5.09. The lowest BCUT2D eigenvalue weighted by Gasteiger charge is -2.35. The Balaban J connectivity index is 1.17. The van der Waals surface area contributed by atoms with Crippen molar-refractivity contribution >= 4 is 56.6 Å². The lowest BCUT2D eigenvalue weighted by molar-refractivity contribution is -0.134. The molecule has 2 fully saturated rings. The fraction of sp³-hybridized carbons (Fsp3) is 0.323. The smallest absolute Gasteiger partial charge is 0.295 e. The van der Waals surface area contributed by atoms with E-state index in [0.29, 0.717) is 37.7 Å². The number of hydrogen-bond donors (Lipinski definition) is 1. The SMILES string of the molecule is O=C(NCC(=O)N1CCN(CC(=O)N2CCCC2)CC1)c1ccc(S(=O)(=O)N(Oc2ccc(Cl)cc2Cl)c2ccccc2)cc1. The van der Waals surface area contributed by atoms with E-state index in [9.17, 15) is 22.8 Å². The quantitative estimate of drug-likeness (QED) is 0.326. The van der Waals surface area contributed by atoms with Gasteiger partial charge in [0, 0.05) is 49.9 Å². The zero-order chi connectivity index (χ0) is 32.0. The molecule has 0 radical (unpaired) electrons. The predicted octanol–water partition coefficient (Wildman–Crippen LogP) is 3.68. The molecule has 1 N–H and O–H groups in total. The van der Waals surface area contributed by atoms with E-state index in [0.717, 1.165) is 30.4 Å².